The molecular formula is C21H23N5O2. The molecule has 7 nitrogen and oxygen atoms in total. The quantitative estimate of drug-likeness (QED) is 0.757. The van der Waals surface area contributed by atoms with Crippen LogP contribution in [0.4, 0.5) is 5.82 Å². The van der Waals surface area contributed by atoms with Crippen molar-refractivity contribution in [3.63, 3.8) is 0 Å². The van der Waals surface area contributed by atoms with Crippen LogP contribution in [0.2, 0.25) is 0 Å². The number of carbonyl (C=O) groups excluding carboxylic acids is 1. The number of ether oxygens (including phenoxy) is 1. The number of anilines is 1. The molecule has 1 aromatic carbocycles. The summed E-state index contributed by atoms with van der Waals surface area (Å²) in [5.41, 5.74) is 2.24. The number of fused-ring (bicyclic) bond motifs is 1. The minimum atomic E-state index is -0.0205. The highest BCUT2D eigenvalue weighted by atomic mass is 16.5. The number of benzene rings is 1. The molecule has 5 rings (SSSR count). The molecule has 0 radical (unpaired) electrons. The number of para-hydroxylation sites is 1. The van der Waals surface area contributed by atoms with Crippen molar-refractivity contribution in [2.24, 2.45) is 0 Å². The van der Waals surface area contributed by atoms with Gasteiger partial charge in [0, 0.05) is 32.3 Å². The van der Waals surface area contributed by atoms with E-state index in [0.29, 0.717) is 18.7 Å². The molecule has 2 aromatic heterocycles. The van der Waals surface area contributed by atoms with Crippen molar-refractivity contribution in [3.8, 4) is 5.75 Å². The van der Waals surface area contributed by atoms with Crippen LogP contribution in [-0.2, 0) is 0 Å². The fourth-order valence-electron chi connectivity index (χ4n) is 4.14. The lowest BCUT2D eigenvalue weighted by atomic mass is 10.1. The minimum absolute atomic E-state index is 0.00903. The Morgan fingerprint density at radius 2 is 2.00 bits per heavy atom. The van der Waals surface area contributed by atoms with Crippen LogP contribution in [0, 0.1) is 0 Å². The first-order chi connectivity index (χ1) is 13.8. The molecule has 1 atom stereocenters. The number of carbonyl (C=O) groups is 1. The summed E-state index contributed by atoms with van der Waals surface area (Å²) in [7, 11) is 0. The molecule has 2 fully saturated rings. The number of hydrogen-bond acceptors (Lipinski definition) is 5. The number of pyridine rings is 1. The summed E-state index contributed by atoms with van der Waals surface area (Å²) in [6.45, 7) is 3.31. The van der Waals surface area contributed by atoms with Gasteiger partial charge in [-0.3, -0.25) is 4.79 Å². The third-order valence-corrected chi connectivity index (χ3v) is 5.56. The minimum Gasteiger partial charge on any atom is -0.485 e. The first kappa shape index (κ1) is 17.0. The molecule has 0 aliphatic carbocycles. The van der Waals surface area contributed by atoms with E-state index in [1.165, 1.54) is 12.8 Å². The molecule has 4 heterocycles. The zero-order chi connectivity index (χ0) is 18.9. The van der Waals surface area contributed by atoms with Gasteiger partial charge < -0.3 is 19.5 Å². The smallest absolute Gasteiger partial charge is 0.256 e. The maximum absolute atomic E-state index is 13.0. The van der Waals surface area contributed by atoms with Crippen molar-refractivity contribution >= 4 is 22.8 Å². The molecule has 28 heavy (non-hydrogen) atoms. The predicted molar refractivity (Wildman–Crippen MR) is 107 cm³/mol. The number of H-pyrrole nitrogens is 1. The molecule has 3 aromatic rings. The van der Waals surface area contributed by atoms with Gasteiger partial charge in [0.25, 0.3) is 5.91 Å². The zero-order valence-electron chi connectivity index (χ0n) is 15.7. The van der Waals surface area contributed by atoms with Crippen molar-refractivity contribution in [3.05, 3.63) is 48.4 Å². The summed E-state index contributed by atoms with van der Waals surface area (Å²) in [5.74, 6) is 1.75. The Hall–Kier alpha value is -3.09. The van der Waals surface area contributed by atoms with Crippen molar-refractivity contribution < 1.29 is 9.53 Å². The second-order valence-corrected chi connectivity index (χ2v) is 7.40. The normalized spacial score (nSPS) is 19.5. The van der Waals surface area contributed by atoms with Crippen molar-refractivity contribution in [2.45, 2.75) is 25.4 Å². The van der Waals surface area contributed by atoms with E-state index < -0.39 is 0 Å². The summed E-state index contributed by atoms with van der Waals surface area (Å²) in [4.78, 5) is 29.1. The highest BCUT2D eigenvalue weighted by molar-refractivity contribution is 6.04. The topological polar surface area (TPSA) is 74.3 Å². The first-order valence-electron chi connectivity index (χ1n) is 9.87. The summed E-state index contributed by atoms with van der Waals surface area (Å²) in [6, 6.07) is 9.54. The Morgan fingerprint density at radius 1 is 1.11 bits per heavy atom. The van der Waals surface area contributed by atoms with E-state index in [1.54, 1.807) is 6.33 Å². The number of hydrogen-bond donors (Lipinski definition) is 1. The predicted octanol–water partition coefficient (Wildman–Crippen LogP) is 2.85. The molecule has 0 bridgehead atoms. The molecule has 1 N–H and O–H groups in total. The van der Waals surface area contributed by atoms with Crippen LogP contribution in [0.25, 0.3) is 11.0 Å². The van der Waals surface area contributed by atoms with Crippen LogP contribution < -0.4 is 9.64 Å². The number of imidazole rings is 1. The van der Waals surface area contributed by atoms with Gasteiger partial charge in [-0.25, -0.2) is 9.97 Å². The fourth-order valence-corrected chi connectivity index (χ4v) is 4.14. The molecule has 0 spiro atoms. The van der Waals surface area contributed by atoms with Crippen LogP contribution in [0.1, 0.15) is 29.6 Å². The Balaban J connectivity index is 1.30. The molecule has 2 aliphatic rings. The average Bonchev–Trinajstić information content (AvgIpc) is 3.48. The van der Waals surface area contributed by atoms with Gasteiger partial charge in [-0.05, 0) is 37.1 Å². The van der Waals surface area contributed by atoms with Gasteiger partial charge in [-0.2, -0.15) is 0 Å². The SMILES string of the molecule is O=C(c1cccc2[nH]cnc12)N1CC[C@@H](Oc2cccnc2N2CCCC2)C1. The summed E-state index contributed by atoms with van der Waals surface area (Å²) < 4.78 is 6.29. The van der Waals surface area contributed by atoms with E-state index >= 15 is 0 Å². The van der Waals surface area contributed by atoms with Crippen LogP contribution >= 0.6 is 0 Å². The number of nitrogens with one attached hydrogen (secondary N) is 1. The highest BCUT2D eigenvalue weighted by Gasteiger charge is 2.30. The Bertz CT molecular complexity index is 995. The second kappa shape index (κ2) is 7.14. The van der Waals surface area contributed by atoms with Crippen molar-refractivity contribution in [1.82, 2.24) is 19.9 Å². The van der Waals surface area contributed by atoms with Crippen LogP contribution in [-0.4, -0.2) is 58.0 Å². The molecular weight excluding hydrogens is 354 g/mol. The number of rotatable bonds is 4. The second-order valence-electron chi connectivity index (χ2n) is 7.40. The average molecular weight is 377 g/mol. The lowest BCUT2D eigenvalue weighted by Crippen LogP contribution is -2.31. The lowest BCUT2D eigenvalue weighted by Gasteiger charge is -2.22. The van der Waals surface area contributed by atoms with Gasteiger partial charge in [0.15, 0.2) is 11.6 Å². The maximum atomic E-state index is 13.0. The van der Waals surface area contributed by atoms with E-state index in [9.17, 15) is 4.79 Å². The molecule has 2 saturated heterocycles. The largest absolute Gasteiger partial charge is 0.485 e. The number of aromatic nitrogens is 3. The molecule has 144 valence electrons. The van der Waals surface area contributed by atoms with Crippen molar-refractivity contribution in [1.29, 1.82) is 0 Å². The Kier molecular flexibility index (Phi) is 4.35. The summed E-state index contributed by atoms with van der Waals surface area (Å²) >= 11 is 0. The van der Waals surface area contributed by atoms with Gasteiger partial charge in [0.1, 0.15) is 11.6 Å². The summed E-state index contributed by atoms with van der Waals surface area (Å²) in [6.07, 6.45) is 6.63. The molecule has 0 unspecified atom stereocenters. The van der Waals surface area contributed by atoms with Crippen LogP contribution in [0.3, 0.4) is 0 Å². The number of amides is 1. The zero-order valence-corrected chi connectivity index (χ0v) is 15.7. The number of nitrogens with zero attached hydrogens (tertiary/aromatic N) is 4. The molecule has 2 aliphatic heterocycles. The van der Waals surface area contributed by atoms with Crippen LogP contribution in [0.15, 0.2) is 42.9 Å². The molecule has 1 amide bonds. The van der Waals surface area contributed by atoms with Gasteiger partial charge in [-0.1, -0.05) is 6.07 Å². The third-order valence-electron chi connectivity index (χ3n) is 5.56. The maximum Gasteiger partial charge on any atom is 0.256 e. The van der Waals surface area contributed by atoms with Crippen molar-refractivity contribution in [2.75, 3.05) is 31.1 Å². The van der Waals surface area contributed by atoms with E-state index in [2.05, 4.69) is 19.9 Å². The fraction of sp³-hybridized carbons (Fsp3) is 0.381. The highest BCUT2D eigenvalue weighted by Crippen LogP contribution is 2.30. The Morgan fingerprint density at radius 3 is 2.89 bits per heavy atom. The number of aromatic amines is 1. The van der Waals surface area contributed by atoms with Gasteiger partial charge in [0.2, 0.25) is 0 Å². The van der Waals surface area contributed by atoms with Gasteiger partial charge in [0.05, 0.1) is 24.0 Å². The monoisotopic (exact) mass is 377 g/mol. The van der Waals surface area contributed by atoms with Crippen LogP contribution in [0.5, 0.6) is 5.75 Å². The van der Waals surface area contributed by atoms with Gasteiger partial charge >= 0.3 is 0 Å². The van der Waals surface area contributed by atoms with E-state index in [1.807, 2.05) is 41.4 Å². The van der Waals surface area contributed by atoms with E-state index in [4.69, 9.17) is 4.74 Å². The van der Waals surface area contributed by atoms with E-state index in [0.717, 1.165) is 42.1 Å². The van der Waals surface area contributed by atoms with Gasteiger partial charge in [-0.15, -0.1) is 0 Å². The van der Waals surface area contributed by atoms with E-state index in [-0.39, 0.29) is 12.0 Å². The first-order valence-corrected chi connectivity index (χ1v) is 9.87. The standard InChI is InChI=1S/C21H23N5O2/c27-21(16-5-3-6-17-19(16)24-14-23-17)26-12-8-15(13-26)28-18-7-4-9-22-20(18)25-10-1-2-11-25/h3-7,9,14-15H,1-2,8,10-13H2,(H,23,24)/t15-/m1/s1. The number of likely N-dealkylation sites (tertiary alicyclic amines) is 1. The Labute approximate surface area is 163 Å². The third kappa shape index (κ3) is 3.06. The molecule has 7 heteroatoms. The lowest BCUT2D eigenvalue weighted by molar-refractivity contribution is 0.0774. The molecule has 0 saturated carbocycles. The summed E-state index contributed by atoms with van der Waals surface area (Å²) in [5, 5.41) is 0.